The van der Waals surface area contributed by atoms with Crippen LogP contribution in [0.15, 0.2) is 0 Å². The molecule has 0 aromatic carbocycles. The maximum atomic E-state index is 13.6. The molecule has 15 heteroatoms. The van der Waals surface area contributed by atoms with E-state index < -0.39 is 74.8 Å². The topological polar surface area (TPSA) is 116 Å². The van der Waals surface area contributed by atoms with E-state index in [1.165, 1.54) is 0 Å². The van der Waals surface area contributed by atoms with Gasteiger partial charge in [-0.2, -0.15) is 34.8 Å². The summed E-state index contributed by atoms with van der Waals surface area (Å²) in [5.74, 6) is -10.1. The van der Waals surface area contributed by atoms with Crippen molar-refractivity contribution in [2.24, 2.45) is 29.1 Å². The van der Waals surface area contributed by atoms with Gasteiger partial charge in [0.2, 0.25) is 0 Å². The van der Waals surface area contributed by atoms with Crippen molar-refractivity contribution >= 4 is 22.1 Å². The minimum atomic E-state index is -6.43. The lowest BCUT2D eigenvalue weighted by Crippen LogP contribution is -2.64. The second-order valence-corrected chi connectivity index (χ2v) is 10.8. The molecule has 4 atom stereocenters. The zero-order valence-corrected chi connectivity index (χ0v) is 18.8. The van der Waals surface area contributed by atoms with E-state index in [1.54, 1.807) is 0 Å². The molecule has 196 valence electrons. The Morgan fingerprint density at radius 1 is 1.00 bits per heavy atom. The van der Waals surface area contributed by atoms with Crippen molar-refractivity contribution in [3.63, 3.8) is 0 Å². The van der Waals surface area contributed by atoms with Gasteiger partial charge in [-0.05, 0) is 37.5 Å². The van der Waals surface area contributed by atoms with Gasteiger partial charge in [0, 0.05) is 0 Å². The van der Waals surface area contributed by atoms with Crippen molar-refractivity contribution in [2.45, 2.75) is 50.6 Å². The van der Waals surface area contributed by atoms with Gasteiger partial charge in [-0.3, -0.25) is 14.1 Å². The fourth-order valence-corrected chi connectivity index (χ4v) is 5.94. The first-order valence-electron chi connectivity index (χ1n) is 10.5. The molecule has 2 bridgehead atoms. The molecule has 3 fully saturated rings. The molecule has 0 radical (unpaired) electrons. The molecule has 1 heterocycles. The number of carbonyl (C=O) groups excluding carboxylic acids is 2. The number of hydrogen-bond acceptors (Lipinski definition) is 7. The van der Waals surface area contributed by atoms with Crippen LogP contribution >= 0.6 is 0 Å². The van der Waals surface area contributed by atoms with Gasteiger partial charge in [-0.15, -0.1) is 0 Å². The molecular formula is C19H24F6O8S. The molecular weight excluding hydrogens is 502 g/mol. The molecule has 0 aromatic rings. The third-order valence-electron chi connectivity index (χ3n) is 7.12. The van der Waals surface area contributed by atoms with E-state index in [4.69, 9.17) is 14.0 Å². The minimum Gasteiger partial charge on any atom is -0.465 e. The number of hydrogen-bond donors (Lipinski definition) is 1. The second kappa shape index (κ2) is 8.80. The van der Waals surface area contributed by atoms with Gasteiger partial charge in [-0.1, -0.05) is 6.92 Å². The lowest BCUT2D eigenvalue weighted by Gasteiger charge is -2.40. The molecule has 0 amide bonds. The average molecular weight is 526 g/mol. The van der Waals surface area contributed by atoms with Crippen LogP contribution < -0.4 is 0 Å². The molecule has 0 aromatic heterocycles. The Bertz CT molecular complexity index is 891. The van der Waals surface area contributed by atoms with Crippen LogP contribution in [0.2, 0.25) is 0 Å². The summed E-state index contributed by atoms with van der Waals surface area (Å²) in [6, 6.07) is 0. The molecule has 4 unspecified atom stereocenters. The molecule has 1 saturated heterocycles. The quantitative estimate of drug-likeness (QED) is 0.292. The lowest BCUT2D eigenvalue weighted by atomic mass is 9.79. The highest BCUT2D eigenvalue weighted by Crippen LogP contribution is 2.55. The Hall–Kier alpha value is -1.61. The fourth-order valence-electron chi connectivity index (χ4n) is 5.04. The van der Waals surface area contributed by atoms with Crippen molar-refractivity contribution < 1.29 is 63.1 Å². The Morgan fingerprint density at radius 2 is 1.50 bits per heavy atom. The van der Waals surface area contributed by atoms with Gasteiger partial charge in [0.15, 0.2) is 0 Å². The van der Waals surface area contributed by atoms with Gasteiger partial charge in [0.05, 0.1) is 30.5 Å². The first kappa shape index (κ1) is 27.0. The van der Waals surface area contributed by atoms with Crippen molar-refractivity contribution in [3.05, 3.63) is 0 Å². The number of ether oxygens (including phenoxy) is 3. The molecule has 3 aliphatic rings. The van der Waals surface area contributed by atoms with Crippen LogP contribution in [0, 0.1) is 29.1 Å². The number of alkyl halides is 6. The second-order valence-electron chi connectivity index (χ2n) is 9.31. The zero-order chi connectivity index (χ0) is 25.7. The molecule has 1 N–H and O–H groups in total. The monoisotopic (exact) mass is 526 g/mol. The standard InChI is InChI=1S/C19H24F6O8S/c1-2-16(6-31-7-16)8-32-14(26)12-10-3-4-11(5-10)13(12)15(27)33-17(18(20,21)22,19(23,24)25)9-34(28,29)30/h10-13H,2-9H2,1H3,(H,28,29,30). The van der Waals surface area contributed by atoms with E-state index in [1.807, 2.05) is 6.92 Å². The predicted octanol–water partition coefficient (Wildman–Crippen LogP) is 2.91. The minimum absolute atomic E-state index is 0.0875. The lowest BCUT2D eigenvalue weighted by molar-refractivity contribution is -0.362. The fraction of sp³-hybridized carbons (Fsp3) is 0.895. The molecule has 34 heavy (non-hydrogen) atoms. The van der Waals surface area contributed by atoms with Crippen LogP contribution in [0.3, 0.4) is 0 Å². The maximum absolute atomic E-state index is 13.6. The van der Waals surface area contributed by atoms with E-state index in [0.29, 0.717) is 26.1 Å². The maximum Gasteiger partial charge on any atom is 0.438 e. The highest BCUT2D eigenvalue weighted by atomic mass is 32.2. The summed E-state index contributed by atoms with van der Waals surface area (Å²) in [7, 11) is -5.90. The van der Waals surface area contributed by atoms with Crippen molar-refractivity contribution in [1.29, 1.82) is 0 Å². The summed E-state index contributed by atoms with van der Waals surface area (Å²) >= 11 is 0. The summed E-state index contributed by atoms with van der Waals surface area (Å²) in [5, 5.41) is 0. The summed E-state index contributed by atoms with van der Waals surface area (Å²) < 4.78 is 127. The third kappa shape index (κ3) is 4.87. The van der Waals surface area contributed by atoms with E-state index >= 15 is 0 Å². The van der Waals surface area contributed by atoms with Crippen LogP contribution in [0.5, 0.6) is 0 Å². The number of halogens is 6. The van der Waals surface area contributed by atoms with Crippen LogP contribution in [0.25, 0.3) is 0 Å². The molecule has 3 rings (SSSR count). The van der Waals surface area contributed by atoms with Gasteiger partial charge in [0.25, 0.3) is 10.1 Å². The highest BCUT2D eigenvalue weighted by molar-refractivity contribution is 7.85. The molecule has 8 nitrogen and oxygen atoms in total. The number of esters is 2. The number of rotatable bonds is 8. The summed E-state index contributed by atoms with van der Waals surface area (Å²) in [6.07, 6.45) is -11.4. The van der Waals surface area contributed by atoms with Gasteiger partial charge < -0.3 is 14.2 Å². The third-order valence-corrected chi connectivity index (χ3v) is 7.90. The molecule has 0 spiro atoms. The molecule has 1 aliphatic heterocycles. The Labute approximate surface area is 191 Å². The van der Waals surface area contributed by atoms with Crippen LogP contribution in [-0.2, 0) is 33.9 Å². The first-order chi connectivity index (χ1) is 15.5. The molecule has 2 saturated carbocycles. The van der Waals surface area contributed by atoms with Gasteiger partial charge in [0.1, 0.15) is 12.4 Å². The highest BCUT2D eigenvalue weighted by Gasteiger charge is 2.76. The SMILES string of the molecule is CCC1(COC(=O)C2C3CCC(C3)C2C(=O)OC(CS(=O)(=O)O)(C(F)(F)F)C(F)(F)F)COC1. The van der Waals surface area contributed by atoms with Gasteiger partial charge >= 0.3 is 29.9 Å². The Morgan fingerprint density at radius 3 is 1.88 bits per heavy atom. The smallest absolute Gasteiger partial charge is 0.438 e. The van der Waals surface area contributed by atoms with Crippen molar-refractivity contribution in [1.82, 2.24) is 0 Å². The molecule has 2 aliphatic carbocycles. The van der Waals surface area contributed by atoms with Crippen molar-refractivity contribution in [3.8, 4) is 0 Å². The van der Waals surface area contributed by atoms with E-state index in [-0.39, 0.29) is 19.4 Å². The van der Waals surface area contributed by atoms with E-state index in [2.05, 4.69) is 4.74 Å². The van der Waals surface area contributed by atoms with E-state index in [0.717, 1.165) is 0 Å². The predicted molar refractivity (Wildman–Crippen MR) is 99.7 cm³/mol. The number of fused-ring (bicyclic) bond motifs is 2. The average Bonchev–Trinajstić information content (AvgIpc) is 3.25. The van der Waals surface area contributed by atoms with Gasteiger partial charge in [-0.25, -0.2) is 0 Å². The Balaban J connectivity index is 1.87. The Kier molecular flexibility index (Phi) is 6.99. The van der Waals surface area contributed by atoms with Crippen LogP contribution in [0.1, 0.15) is 32.6 Å². The largest absolute Gasteiger partial charge is 0.465 e. The normalized spacial score (nSPS) is 28.9. The zero-order valence-electron chi connectivity index (χ0n) is 17.9. The summed E-state index contributed by atoms with van der Waals surface area (Å²) in [4.78, 5) is 25.5. The van der Waals surface area contributed by atoms with Crippen LogP contribution in [0.4, 0.5) is 26.3 Å². The first-order valence-corrected chi connectivity index (χ1v) is 12.1. The van der Waals surface area contributed by atoms with Crippen molar-refractivity contribution in [2.75, 3.05) is 25.6 Å². The summed E-state index contributed by atoms with van der Waals surface area (Å²) in [6.45, 7) is 2.37. The number of carbonyl (C=O) groups is 2. The van der Waals surface area contributed by atoms with E-state index in [9.17, 15) is 44.3 Å². The van der Waals surface area contributed by atoms with Crippen LogP contribution in [-0.4, -0.2) is 68.4 Å². The summed E-state index contributed by atoms with van der Waals surface area (Å²) in [5.41, 5.74) is -5.95.